The van der Waals surface area contributed by atoms with Gasteiger partial charge in [-0.3, -0.25) is 4.79 Å². The molecule has 2 nitrogen and oxygen atoms in total. The van der Waals surface area contributed by atoms with Crippen molar-refractivity contribution >= 4 is 5.78 Å². The Morgan fingerprint density at radius 3 is 2.35 bits per heavy atom. The molecule has 0 radical (unpaired) electrons. The topological polar surface area (TPSA) is 20.3 Å². The average Bonchev–Trinajstić information content (AvgIpc) is 2.65. The Kier molecular flexibility index (Phi) is 3.32. The van der Waals surface area contributed by atoms with E-state index in [0.29, 0.717) is 31.0 Å². The average molecular weight is 283 g/mol. The number of rotatable bonds is 2. The van der Waals surface area contributed by atoms with Crippen LogP contribution in [0.15, 0.2) is 12.1 Å². The number of ketones is 1. The SMILES string of the molecule is CN1C2CCC1CC(C(=O)c1cc(F)cc(F)c1F)C2. The Hall–Kier alpha value is -1.36. The number of Topliss-reactive ketones (excluding diaryl/α,β-unsaturated/α-hetero) is 1. The minimum absolute atomic E-state index is 0.323. The van der Waals surface area contributed by atoms with Crippen molar-refractivity contribution in [3.05, 3.63) is 35.1 Å². The first-order valence-electron chi connectivity index (χ1n) is 6.88. The van der Waals surface area contributed by atoms with Crippen molar-refractivity contribution in [1.82, 2.24) is 4.90 Å². The van der Waals surface area contributed by atoms with E-state index < -0.39 is 28.8 Å². The van der Waals surface area contributed by atoms with Crippen LogP contribution < -0.4 is 0 Å². The van der Waals surface area contributed by atoms with Crippen LogP contribution in [0.2, 0.25) is 0 Å². The summed E-state index contributed by atoms with van der Waals surface area (Å²) in [5, 5.41) is 0. The molecule has 0 spiro atoms. The van der Waals surface area contributed by atoms with E-state index in [2.05, 4.69) is 4.90 Å². The first-order valence-corrected chi connectivity index (χ1v) is 6.88. The molecular formula is C15H16F3NO. The molecule has 2 aliphatic rings. The molecule has 3 rings (SSSR count). The van der Waals surface area contributed by atoms with E-state index in [9.17, 15) is 18.0 Å². The number of hydrogen-bond donors (Lipinski definition) is 0. The van der Waals surface area contributed by atoms with Crippen LogP contribution in [-0.2, 0) is 0 Å². The second-order valence-electron chi connectivity index (χ2n) is 5.83. The molecule has 108 valence electrons. The molecule has 0 saturated carbocycles. The zero-order valence-electron chi connectivity index (χ0n) is 11.2. The van der Waals surface area contributed by atoms with Gasteiger partial charge in [-0.05, 0) is 38.8 Å². The maximum atomic E-state index is 13.7. The van der Waals surface area contributed by atoms with E-state index in [-0.39, 0.29) is 5.92 Å². The van der Waals surface area contributed by atoms with E-state index in [1.807, 2.05) is 7.05 Å². The number of carbonyl (C=O) groups excluding carboxylic acids is 1. The van der Waals surface area contributed by atoms with Gasteiger partial charge in [-0.2, -0.15) is 0 Å². The van der Waals surface area contributed by atoms with Crippen molar-refractivity contribution in [3.8, 4) is 0 Å². The highest BCUT2D eigenvalue weighted by molar-refractivity contribution is 5.98. The molecule has 2 heterocycles. The van der Waals surface area contributed by atoms with Crippen LogP contribution in [0.3, 0.4) is 0 Å². The molecular weight excluding hydrogens is 267 g/mol. The lowest BCUT2D eigenvalue weighted by Gasteiger charge is -2.35. The Bertz CT molecular complexity index is 546. The lowest BCUT2D eigenvalue weighted by Crippen LogP contribution is -2.42. The first kappa shape index (κ1) is 13.6. The van der Waals surface area contributed by atoms with Gasteiger partial charge in [-0.25, -0.2) is 13.2 Å². The van der Waals surface area contributed by atoms with Crippen LogP contribution in [0.1, 0.15) is 36.0 Å². The highest BCUT2D eigenvalue weighted by atomic mass is 19.2. The molecule has 5 heteroatoms. The van der Waals surface area contributed by atoms with E-state index >= 15 is 0 Å². The molecule has 2 bridgehead atoms. The van der Waals surface area contributed by atoms with Gasteiger partial charge in [-0.1, -0.05) is 0 Å². The number of piperidine rings is 1. The van der Waals surface area contributed by atoms with Gasteiger partial charge < -0.3 is 4.90 Å². The van der Waals surface area contributed by atoms with Gasteiger partial charge in [-0.15, -0.1) is 0 Å². The molecule has 0 N–H and O–H groups in total. The van der Waals surface area contributed by atoms with Crippen LogP contribution in [-0.4, -0.2) is 29.8 Å². The smallest absolute Gasteiger partial charge is 0.169 e. The maximum Gasteiger partial charge on any atom is 0.169 e. The molecule has 2 aliphatic heterocycles. The third-order valence-corrected chi connectivity index (χ3v) is 4.73. The maximum absolute atomic E-state index is 13.7. The van der Waals surface area contributed by atoms with E-state index in [0.717, 1.165) is 18.9 Å². The van der Waals surface area contributed by atoms with Crippen molar-refractivity contribution in [2.45, 2.75) is 37.8 Å². The summed E-state index contributed by atoms with van der Waals surface area (Å²) in [4.78, 5) is 14.6. The number of benzene rings is 1. The summed E-state index contributed by atoms with van der Waals surface area (Å²) in [5.74, 6) is -4.25. The van der Waals surface area contributed by atoms with Gasteiger partial charge >= 0.3 is 0 Å². The van der Waals surface area contributed by atoms with Crippen LogP contribution in [0.4, 0.5) is 13.2 Å². The minimum Gasteiger partial charge on any atom is -0.300 e. The third kappa shape index (κ3) is 2.14. The van der Waals surface area contributed by atoms with Gasteiger partial charge in [0.15, 0.2) is 17.4 Å². The van der Waals surface area contributed by atoms with Gasteiger partial charge in [0.1, 0.15) is 5.82 Å². The highest BCUT2D eigenvalue weighted by Gasteiger charge is 2.41. The van der Waals surface area contributed by atoms with Crippen molar-refractivity contribution in [1.29, 1.82) is 0 Å². The molecule has 0 aromatic heterocycles. The summed E-state index contributed by atoms with van der Waals surface area (Å²) in [6, 6.07) is 1.92. The zero-order valence-corrected chi connectivity index (χ0v) is 11.2. The van der Waals surface area contributed by atoms with Gasteiger partial charge in [0.2, 0.25) is 0 Å². The van der Waals surface area contributed by atoms with Gasteiger partial charge in [0, 0.05) is 24.1 Å². The second kappa shape index (κ2) is 4.88. The number of nitrogens with zero attached hydrogens (tertiary/aromatic N) is 1. The lowest BCUT2D eigenvalue weighted by atomic mass is 9.85. The van der Waals surface area contributed by atoms with Gasteiger partial charge in [0.25, 0.3) is 0 Å². The molecule has 2 unspecified atom stereocenters. The molecule has 20 heavy (non-hydrogen) atoms. The van der Waals surface area contributed by atoms with Crippen molar-refractivity contribution in [2.24, 2.45) is 5.92 Å². The summed E-state index contributed by atoms with van der Waals surface area (Å²) < 4.78 is 40.1. The quantitative estimate of drug-likeness (QED) is 0.614. The monoisotopic (exact) mass is 283 g/mol. The molecule has 2 fully saturated rings. The standard InChI is InChI=1S/C15H16F3NO/c1-19-10-2-3-11(19)5-8(4-10)15(20)12-6-9(16)7-13(17)14(12)18/h6-8,10-11H,2-5H2,1H3. The van der Waals surface area contributed by atoms with Crippen molar-refractivity contribution in [2.75, 3.05) is 7.05 Å². The Morgan fingerprint density at radius 2 is 1.75 bits per heavy atom. The number of carbonyl (C=O) groups is 1. The summed E-state index contributed by atoms with van der Waals surface area (Å²) >= 11 is 0. The molecule has 0 amide bonds. The summed E-state index contributed by atoms with van der Waals surface area (Å²) in [5.41, 5.74) is -0.448. The number of halogens is 3. The highest BCUT2D eigenvalue weighted by Crippen LogP contribution is 2.39. The van der Waals surface area contributed by atoms with Crippen LogP contribution in [0.25, 0.3) is 0 Å². The molecule has 2 saturated heterocycles. The lowest BCUT2D eigenvalue weighted by molar-refractivity contribution is 0.0761. The fourth-order valence-electron chi connectivity index (χ4n) is 3.58. The van der Waals surface area contributed by atoms with Crippen molar-refractivity contribution < 1.29 is 18.0 Å². The number of fused-ring (bicyclic) bond motifs is 2. The van der Waals surface area contributed by atoms with Crippen LogP contribution in [0.5, 0.6) is 0 Å². The van der Waals surface area contributed by atoms with E-state index in [1.54, 1.807) is 0 Å². The number of hydrogen-bond acceptors (Lipinski definition) is 2. The second-order valence-corrected chi connectivity index (χ2v) is 5.83. The Morgan fingerprint density at radius 1 is 1.15 bits per heavy atom. The van der Waals surface area contributed by atoms with Gasteiger partial charge in [0.05, 0.1) is 5.56 Å². The largest absolute Gasteiger partial charge is 0.300 e. The fraction of sp³-hybridized carbons (Fsp3) is 0.533. The predicted octanol–water partition coefficient (Wildman–Crippen LogP) is 3.16. The fourth-order valence-corrected chi connectivity index (χ4v) is 3.58. The molecule has 0 aliphatic carbocycles. The van der Waals surface area contributed by atoms with Crippen LogP contribution >= 0.6 is 0 Å². The zero-order chi connectivity index (χ0) is 14.4. The summed E-state index contributed by atoms with van der Waals surface area (Å²) in [7, 11) is 2.03. The molecule has 1 aromatic rings. The summed E-state index contributed by atoms with van der Waals surface area (Å²) in [6.45, 7) is 0. The van der Waals surface area contributed by atoms with E-state index in [4.69, 9.17) is 0 Å². The van der Waals surface area contributed by atoms with Crippen molar-refractivity contribution in [3.63, 3.8) is 0 Å². The summed E-state index contributed by atoms with van der Waals surface area (Å²) in [6.07, 6.45) is 3.35. The molecule has 2 atom stereocenters. The van der Waals surface area contributed by atoms with Crippen LogP contribution in [0, 0.1) is 23.4 Å². The first-order chi connectivity index (χ1) is 9.47. The minimum atomic E-state index is -1.30. The molecule has 1 aromatic carbocycles. The predicted molar refractivity (Wildman–Crippen MR) is 67.9 cm³/mol. The third-order valence-electron chi connectivity index (χ3n) is 4.73. The Labute approximate surface area is 115 Å². The van der Waals surface area contributed by atoms with E-state index in [1.165, 1.54) is 0 Å². The Balaban J connectivity index is 1.87. The normalized spacial score (nSPS) is 29.7.